The lowest BCUT2D eigenvalue weighted by Crippen LogP contribution is -2.09. The molecule has 70 valence electrons. The fraction of sp³-hybridized carbons (Fsp3) is 0.400. The molecule has 13 heavy (non-hydrogen) atoms. The first-order chi connectivity index (χ1) is 6.34. The number of hydrogen-bond donors (Lipinski definition) is 1. The molecule has 0 amide bonds. The SMILES string of the molecule is CO/N=C1\C=C\CC/C=C/CC1=N. The molecule has 1 aliphatic carbocycles. The second kappa shape index (κ2) is 5.30. The van der Waals surface area contributed by atoms with Crippen LogP contribution in [0.5, 0.6) is 0 Å². The van der Waals surface area contributed by atoms with Gasteiger partial charge in [0.2, 0.25) is 0 Å². The van der Waals surface area contributed by atoms with Crippen molar-refractivity contribution in [3.05, 3.63) is 24.3 Å². The van der Waals surface area contributed by atoms with E-state index in [0.29, 0.717) is 17.8 Å². The molecular formula is C10H14N2O. The van der Waals surface area contributed by atoms with Crippen LogP contribution in [-0.4, -0.2) is 18.5 Å². The minimum atomic E-state index is 0.497. The van der Waals surface area contributed by atoms with Crippen LogP contribution in [0.2, 0.25) is 0 Å². The summed E-state index contributed by atoms with van der Waals surface area (Å²) in [6.07, 6.45) is 10.6. The minimum Gasteiger partial charge on any atom is -0.399 e. The zero-order valence-corrected chi connectivity index (χ0v) is 7.79. The molecule has 1 rings (SSSR count). The molecule has 0 bridgehead atoms. The van der Waals surface area contributed by atoms with Crippen molar-refractivity contribution in [2.45, 2.75) is 19.3 Å². The van der Waals surface area contributed by atoms with E-state index in [-0.39, 0.29) is 0 Å². The Balaban J connectivity index is 2.78. The van der Waals surface area contributed by atoms with Crippen LogP contribution in [0.15, 0.2) is 29.5 Å². The molecule has 0 saturated carbocycles. The van der Waals surface area contributed by atoms with E-state index in [1.165, 1.54) is 7.11 Å². The molecule has 0 aliphatic heterocycles. The lowest BCUT2D eigenvalue weighted by molar-refractivity contribution is 0.214. The number of hydrogen-bond acceptors (Lipinski definition) is 3. The van der Waals surface area contributed by atoms with Crippen molar-refractivity contribution in [2.24, 2.45) is 5.16 Å². The highest BCUT2D eigenvalue weighted by molar-refractivity contribution is 6.45. The predicted molar refractivity (Wildman–Crippen MR) is 54.3 cm³/mol. The Morgan fingerprint density at radius 1 is 1.31 bits per heavy atom. The summed E-state index contributed by atoms with van der Waals surface area (Å²) in [6, 6.07) is 0. The van der Waals surface area contributed by atoms with E-state index in [9.17, 15) is 0 Å². The molecule has 0 aromatic heterocycles. The van der Waals surface area contributed by atoms with Crippen LogP contribution in [0, 0.1) is 5.41 Å². The summed E-state index contributed by atoms with van der Waals surface area (Å²) in [5.74, 6) is 0. The van der Waals surface area contributed by atoms with Crippen molar-refractivity contribution in [2.75, 3.05) is 7.11 Å². The van der Waals surface area contributed by atoms with Gasteiger partial charge in [0.1, 0.15) is 12.8 Å². The lowest BCUT2D eigenvalue weighted by atomic mass is 10.1. The molecule has 3 heteroatoms. The zero-order chi connectivity index (χ0) is 9.52. The summed E-state index contributed by atoms with van der Waals surface area (Å²) in [7, 11) is 1.50. The first-order valence-electron chi connectivity index (χ1n) is 4.35. The minimum absolute atomic E-state index is 0.497. The number of allylic oxidation sites excluding steroid dienone is 4. The van der Waals surface area contributed by atoms with Gasteiger partial charge in [-0.15, -0.1) is 0 Å². The van der Waals surface area contributed by atoms with Gasteiger partial charge in [-0.3, -0.25) is 0 Å². The summed E-state index contributed by atoms with van der Waals surface area (Å²) < 4.78 is 0. The molecule has 0 saturated heterocycles. The Labute approximate surface area is 78.3 Å². The lowest BCUT2D eigenvalue weighted by Gasteiger charge is -1.98. The molecule has 0 radical (unpaired) electrons. The van der Waals surface area contributed by atoms with Gasteiger partial charge in [0.25, 0.3) is 0 Å². The maximum atomic E-state index is 7.67. The highest BCUT2D eigenvalue weighted by Gasteiger charge is 2.03. The van der Waals surface area contributed by atoms with Crippen molar-refractivity contribution < 1.29 is 4.84 Å². The predicted octanol–water partition coefficient (Wildman–Crippen LogP) is 2.30. The standard InChI is InChI=1S/C10H14N2O/c1-13-12-10-8-6-4-2-3-5-7-9(10)11/h3,5-6,8,11H,2,4,7H2,1H3/b5-3+,8-6+,11-9?,12-10+. The fourth-order valence-electron chi connectivity index (χ4n) is 1.10. The molecule has 1 aliphatic rings. The third-order valence-corrected chi connectivity index (χ3v) is 1.76. The first-order valence-corrected chi connectivity index (χ1v) is 4.35. The van der Waals surface area contributed by atoms with Crippen molar-refractivity contribution in [3.8, 4) is 0 Å². The maximum absolute atomic E-state index is 7.67. The number of nitrogens with one attached hydrogen (secondary N) is 1. The van der Waals surface area contributed by atoms with Gasteiger partial charge in [-0.1, -0.05) is 23.4 Å². The van der Waals surface area contributed by atoms with Gasteiger partial charge in [-0.05, 0) is 18.9 Å². The van der Waals surface area contributed by atoms with E-state index in [1.54, 1.807) is 0 Å². The molecule has 0 aromatic rings. The van der Waals surface area contributed by atoms with Gasteiger partial charge in [0, 0.05) is 6.42 Å². The van der Waals surface area contributed by atoms with Crippen LogP contribution < -0.4 is 0 Å². The van der Waals surface area contributed by atoms with Gasteiger partial charge in [-0.25, -0.2) is 0 Å². The van der Waals surface area contributed by atoms with E-state index in [1.807, 2.05) is 18.2 Å². The Bertz CT molecular complexity index is 264. The van der Waals surface area contributed by atoms with Crippen LogP contribution in [0.1, 0.15) is 19.3 Å². The fourth-order valence-corrected chi connectivity index (χ4v) is 1.10. The molecule has 0 unspecified atom stereocenters. The average molecular weight is 178 g/mol. The number of oxime groups is 1. The second-order valence-corrected chi connectivity index (χ2v) is 2.79. The summed E-state index contributed by atoms with van der Waals surface area (Å²) in [6.45, 7) is 0. The van der Waals surface area contributed by atoms with Gasteiger partial charge >= 0.3 is 0 Å². The third kappa shape index (κ3) is 3.23. The van der Waals surface area contributed by atoms with E-state index in [4.69, 9.17) is 5.41 Å². The van der Waals surface area contributed by atoms with E-state index >= 15 is 0 Å². The van der Waals surface area contributed by atoms with Crippen molar-refractivity contribution in [1.82, 2.24) is 0 Å². The molecule has 0 fully saturated rings. The van der Waals surface area contributed by atoms with E-state index < -0.39 is 0 Å². The van der Waals surface area contributed by atoms with Crippen LogP contribution >= 0.6 is 0 Å². The van der Waals surface area contributed by atoms with Crippen molar-refractivity contribution in [1.29, 1.82) is 5.41 Å². The Kier molecular flexibility index (Phi) is 3.96. The van der Waals surface area contributed by atoms with Gasteiger partial charge in [-0.2, -0.15) is 0 Å². The number of rotatable bonds is 1. The van der Waals surface area contributed by atoms with Crippen LogP contribution in [0.25, 0.3) is 0 Å². The van der Waals surface area contributed by atoms with Crippen LogP contribution in [0.3, 0.4) is 0 Å². The quantitative estimate of drug-likeness (QED) is 0.486. The Morgan fingerprint density at radius 3 is 2.85 bits per heavy atom. The molecular weight excluding hydrogens is 164 g/mol. The second-order valence-electron chi connectivity index (χ2n) is 2.79. The monoisotopic (exact) mass is 178 g/mol. The molecule has 0 aromatic carbocycles. The summed E-state index contributed by atoms with van der Waals surface area (Å²) in [5.41, 5.74) is 1.12. The Morgan fingerprint density at radius 2 is 2.08 bits per heavy atom. The molecule has 1 N–H and O–H groups in total. The largest absolute Gasteiger partial charge is 0.399 e. The van der Waals surface area contributed by atoms with E-state index in [2.05, 4.69) is 16.1 Å². The van der Waals surface area contributed by atoms with Crippen LogP contribution in [0.4, 0.5) is 0 Å². The zero-order valence-electron chi connectivity index (χ0n) is 7.79. The number of nitrogens with zero attached hydrogens (tertiary/aromatic N) is 1. The molecule has 0 spiro atoms. The first kappa shape index (κ1) is 9.71. The molecule has 0 atom stereocenters. The van der Waals surface area contributed by atoms with Crippen molar-refractivity contribution in [3.63, 3.8) is 0 Å². The smallest absolute Gasteiger partial charge is 0.123 e. The normalized spacial score (nSPS) is 25.9. The maximum Gasteiger partial charge on any atom is 0.123 e. The highest BCUT2D eigenvalue weighted by atomic mass is 16.6. The third-order valence-electron chi connectivity index (χ3n) is 1.76. The topological polar surface area (TPSA) is 45.4 Å². The molecule has 0 heterocycles. The highest BCUT2D eigenvalue weighted by Crippen LogP contribution is 2.02. The average Bonchev–Trinajstić information content (AvgIpc) is 2.21. The molecule has 3 nitrogen and oxygen atoms in total. The van der Waals surface area contributed by atoms with E-state index in [0.717, 1.165) is 12.8 Å². The summed E-state index contributed by atoms with van der Waals surface area (Å²) in [5, 5.41) is 11.4. The summed E-state index contributed by atoms with van der Waals surface area (Å²) in [4.78, 5) is 4.66. The van der Waals surface area contributed by atoms with Gasteiger partial charge in [0.15, 0.2) is 0 Å². The van der Waals surface area contributed by atoms with Crippen molar-refractivity contribution >= 4 is 11.4 Å². The van der Waals surface area contributed by atoms with Gasteiger partial charge < -0.3 is 10.2 Å². The Hall–Kier alpha value is -1.38. The van der Waals surface area contributed by atoms with Gasteiger partial charge in [0.05, 0.1) is 5.71 Å². The van der Waals surface area contributed by atoms with Crippen LogP contribution in [-0.2, 0) is 4.84 Å². The summed E-state index contributed by atoms with van der Waals surface area (Å²) >= 11 is 0.